The summed E-state index contributed by atoms with van der Waals surface area (Å²) in [5.74, 6) is -0.110. The van der Waals surface area contributed by atoms with Crippen molar-refractivity contribution in [3.05, 3.63) is 59.8 Å². The first-order chi connectivity index (χ1) is 13.7. The van der Waals surface area contributed by atoms with Gasteiger partial charge in [-0.25, -0.2) is 0 Å². The summed E-state index contributed by atoms with van der Waals surface area (Å²) in [6.07, 6.45) is 0.943. The van der Waals surface area contributed by atoms with E-state index in [2.05, 4.69) is 56.5 Å². The normalized spacial score (nSPS) is 15.1. The zero-order chi connectivity index (χ0) is 19.3. The third-order valence-corrected chi connectivity index (χ3v) is 5.36. The molecule has 0 radical (unpaired) electrons. The first-order valence-electron chi connectivity index (χ1n) is 9.96. The van der Waals surface area contributed by atoms with Gasteiger partial charge in [0.2, 0.25) is 0 Å². The number of anilines is 1. The number of carbonyl (C=O) groups is 1. The lowest BCUT2D eigenvalue weighted by molar-refractivity contribution is 0.0948. The molecule has 2 N–H and O–H groups in total. The number of hydrogen-bond donors (Lipinski definition) is 2. The van der Waals surface area contributed by atoms with Crippen LogP contribution < -0.4 is 10.2 Å². The van der Waals surface area contributed by atoms with Crippen LogP contribution in [0.3, 0.4) is 0 Å². The molecule has 1 aromatic heterocycles. The number of carbonyl (C=O) groups excluding carboxylic acids is 1. The molecule has 146 valence electrons. The molecule has 6 heteroatoms. The minimum atomic E-state index is -0.110. The summed E-state index contributed by atoms with van der Waals surface area (Å²) >= 11 is 0. The third-order valence-electron chi connectivity index (χ3n) is 5.36. The van der Waals surface area contributed by atoms with Crippen LogP contribution in [0.2, 0.25) is 0 Å². The number of aromatic amines is 1. The lowest BCUT2D eigenvalue weighted by atomic mass is 10.2. The van der Waals surface area contributed by atoms with Crippen molar-refractivity contribution < 1.29 is 4.79 Å². The molecule has 2 aromatic carbocycles. The fraction of sp³-hybridized carbons (Fsp3) is 0.364. The Morgan fingerprint density at radius 2 is 1.93 bits per heavy atom. The first kappa shape index (κ1) is 18.5. The van der Waals surface area contributed by atoms with Gasteiger partial charge in [0.25, 0.3) is 5.91 Å². The average molecular weight is 377 g/mol. The molecular formula is C22H27N5O. The Bertz CT molecular complexity index is 943. The number of hydrogen-bond acceptors (Lipinski definition) is 4. The van der Waals surface area contributed by atoms with E-state index < -0.39 is 0 Å². The molecule has 0 saturated carbocycles. The number of benzene rings is 2. The molecule has 0 atom stereocenters. The van der Waals surface area contributed by atoms with E-state index in [1.165, 1.54) is 11.3 Å². The number of aromatic nitrogens is 2. The van der Waals surface area contributed by atoms with Gasteiger partial charge in [0.05, 0.1) is 5.52 Å². The monoisotopic (exact) mass is 377 g/mol. The van der Waals surface area contributed by atoms with E-state index in [1.54, 1.807) is 0 Å². The van der Waals surface area contributed by atoms with Gasteiger partial charge in [0.1, 0.15) is 0 Å². The lowest BCUT2D eigenvalue weighted by Gasteiger charge is -2.36. The highest BCUT2D eigenvalue weighted by atomic mass is 16.1. The van der Waals surface area contributed by atoms with Gasteiger partial charge < -0.3 is 10.2 Å². The largest absolute Gasteiger partial charge is 0.369 e. The van der Waals surface area contributed by atoms with Crippen LogP contribution >= 0.6 is 0 Å². The highest BCUT2D eigenvalue weighted by Crippen LogP contribution is 2.18. The van der Waals surface area contributed by atoms with E-state index in [1.807, 2.05) is 24.3 Å². The molecule has 1 amide bonds. The van der Waals surface area contributed by atoms with Crippen molar-refractivity contribution in [1.82, 2.24) is 20.4 Å². The van der Waals surface area contributed by atoms with Crippen LogP contribution in [-0.4, -0.2) is 60.3 Å². The van der Waals surface area contributed by atoms with Gasteiger partial charge in [-0.15, -0.1) is 0 Å². The Morgan fingerprint density at radius 3 is 2.75 bits per heavy atom. The second kappa shape index (κ2) is 8.44. The van der Waals surface area contributed by atoms with Gasteiger partial charge in [-0.3, -0.25) is 14.8 Å². The van der Waals surface area contributed by atoms with Crippen molar-refractivity contribution in [3.63, 3.8) is 0 Å². The minimum absolute atomic E-state index is 0.110. The van der Waals surface area contributed by atoms with Crippen LogP contribution in [0, 0.1) is 6.92 Å². The summed E-state index contributed by atoms with van der Waals surface area (Å²) < 4.78 is 0. The maximum absolute atomic E-state index is 12.4. The molecule has 1 aliphatic rings. The van der Waals surface area contributed by atoms with Crippen LogP contribution in [0.15, 0.2) is 48.5 Å². The quantitative estimate of drug-likeness (QED) is 0.649. The summed E-state index contributed by atoms with van der Waals surface area (Å²) in [6.45, 7) is 8.03. The van der Waals surface area contributed by atoms with Crippen LogP contribution in [0.1, 0.15) is 22.5 Å². The second-order valence-electron chi connectivity index (χ2n) is 7.39. The zero-order valence-electron chi connectivity index (χ0n) is 16.3. The molecule has 1 fully saturated rings. The lowest BCUT2D eigenvalue weighted by Crippen LogP contribution is -2.47. The van der Waals surface area contributed by atoms with Crippen molar-refractivity contribution in [2.24, 2.45) is 0 Å². The fourth-order valence-corrected chi connectivity index (χ4v) is 3.78. The van der Waals surface area contributed by atoms with Crippen molar-refractivity contribution in [2.75, 3.05) is 44.2 Å². The van der Waals surface area contributed by atoms with Crippen LogP contribution in [0.4, 0.5) is 5.69 Å². The Balaban J connectivity index is 1.20. The fourth-order valence-electron chi connectivity index (χ4n) is 3.78. The second-order valence-corrected chi connectivity index (χ2v) is 7.39. The number of nitrogens with one attached hydrogen (secondary N) is 2. The van der Waals surface area contributed by atoms with E-state index in [4.69, 9.17) is 0 Å². The Morgan fingerprint density at radius 1 is 1.11 bits per heavy atom. The van der Waals surface area contributed by atoms with Crippen LogP contribution in [0.5, 0.6) is 0 Å². The zero-order valence-corrected chi connectivity index (χ0v) is 16.3. The van der Waals surface area contributed by atoms with Crippen molar-refractivity contribution >= 4 is 22.5 Å². The van der Waals surface area contributed by atoms with E-state index in [-0.39, 0.29) is 5.91 Å². The molecule has 0 bridgehead atoms. The van der Waals surface area contributed by atoms with Gasteiger partial charge in [-0.05, 0) is 43.7 Å². The number of H-pyrrole nitrogens is 1. The van der Waals surface area contributed by atoms with E-state index in [0.29, 0.717) is 12.2 Å². The Kier molecular flexibility index (Phi) is 5.58. The molecule has 3 aromatic rings. The standard InChI is InChI=1S/C22H27N5O/c1-17-6-4-7-18(16-17)27-14-12-26(13-15-27)11-5-10-23-22(28)21-19-8-2-3-9-20(19)24-25-21/h2-4,6-9,16H,5,10-15H2,1H3,(H,23,28)(H,24,25). The van der Waals surface area contributed by atoms with E-state index in [0.717, 1.165) is 50.0 Å². The molecular weight excluding hydrogens is 350 g/mol. The summed E-state index contributed by atoms with van der Waals surface area (Å²) in [5.41, 5.74) is 3.99. The molecule has 2 heterocycles. The number of amides is 1. The SMILES string of the molecule is Cc1cccc(N2CCN(CCCNC(=O)c3n[nH]c4ccccc34)CC2)c1. The van der Waals surface area contributed by atoms with Crippen LogP contribution in [-0.2, 0) is 0 Å². The maximum atomic E-state index is 12.4. The van der Waals surface area contributed by atoms with Gasteiger partial charge in [-0.1, -0.05) is 30.3 Å². The molecule has 0 unspecified atom stereocenters. The molecule has 28 heavy (non-hydrogen) atoms. The average Bonchev–Trinajstić information content (AvgIpc) is 3.16. The predicted octanol–water partition coefficient (Wildman–Crippen LogP) is 2.81. The smallest absolute Gasteiger partial charge is 0.272 e. The maximum Gasteiger partial charge on any atom is 0.272 e. The van der Waals surface area contributed by atoms with Crippen molar-refractivity contribution in [3.8, 4) is 0 Å². The molecule has 1 saturated heterocycles. The highest BCUT2D eigenvalue weighted by molar-refractivity contribution is 6.04. The number of rotatable bonds is 6. The summed E-state index contributed by atoms with van der Waals surface area (Å²) in [6, 6.07) is 16.4. The van der Waals surface area contributed by atoms with Gasteiger partial charge >= 0.3 is 0 Å². The highest BCUT2D eigenvalue weighted by Gasteiger charge is 2.17. The number of aryl methyl sites for hydroxylation is 1. The van der Waals surface area contributed by atoms with E-state index in [9.17, 15) is 4.79 Å². The topological polar surface area (TPSA) is 64.3 Å². The third kappa shape index (κ3) is 4.17. The Hall–Kier alpha value is -2.86. The Labute approximate surface area is 165 Å². The molecule has 1 aliphatic heterocycles. The van der Waals surface area contributed by atoms with Gasteiger partial charge in [0.15, 0.2) is 5.69 Å². The minimum Gasteiger partial charge on any atom is -0.369 e. The summed E-state index contributed by atoms with van der Waals surface area (Å²) in [4.78, 5) is 17.3. The predicted molar refractivity (Wildman–Crippen MR) is 113 cm³/mol. The number of para-hydroxylation sites is 1. The van der Waals surface area contributed by atoms with Crippen LogP contribution in [0.25, 0.3) is 10.9 Å². The molecule has 0 spiro atoms. The number of nitrogens with zero attached hydrogens (tertiary/aromatic N) is 3. The van der Waals surface area contributed by atoms with E-state index >= 15 is 0 Å². The number of piperazine rings is 1. The summed E-state index contributed by atoms with van der Waals surface area (Å²) in [7, 11) is 0. The van der Waals surface area contributed by atoms with Gasteiger partial charge in [0, 0.05) is 43.8 Å². The summed E-state index contributed by atoms with van der Waals surface area (Å²) in [5, 5.41) is 10.9. The first-order valence-corrected chi connectivity index (χ1v) is 9.96. The van der Waals surface area contributed by atoms with Gasteiger partial charge in [-0.2, -0.15) is 5.10 Å². The number of fused-ring (bicyclic) bond motifs is 1. The molecule has 0 aliphatic carbocycles. The van der Waals surface area contributed by atoms with Crippen molar-refractivity contribution in [2.45, 2.75) is 13.3 Å². The molecule has 6 nitrogen and oxygen atoms in total. The van der Waals surface area contributed by atoms with Crippen molar-refractivity contribution in [1.29, 1.82) is 0 Å². The molecule has 4 rings (SSSR count).